The van der Waals surface area contributed by atoms with Gasteiger partial charge in [-0.05, 0) is 36.1 Å². The Labute approximate surface area is 187 Å². The number of nitrogens with one attached hydrogen (secondary N) is 2. The fraction of sp³-hybridized carbons (Fsp3) is 0.280. The minimum Gasteiger partial charge on any atom is -0.349 e. The van der Waals surface area contributed by atoms with Crippen molar-refractivity contribution in [3.63, 3.8) is 0 Å². The summed E-state index contributed by atoms with van der Waals surface area (Å²) in [4.78, 5) is 30.0. The first-order valence-corrected chi connectivity index (χ1v) is 10.8. The second kappa shape index (κ2) is 9.06. The third-order valence-electron chi connectivity index (χ3n) is 5.87. The van der Waals surface area contributed by atoms with Gasteiger partial charge in [-0.1, -0.05) is 44.2 Å². The number of rotatable bonds is 6. The van der Waals surface area contributed by atoms with Crippen molar-refractivity contribution in [2.24, 2.45) is 0 Å². The Hall–Kier alpha value is -3.92. The van der Waals surface area contributed by atoms with Gasteiger partial charge in [0.2, 0.25) is 5.91 Å². The van der Waals surface area contributed by atoms with E-state index in [0.29, 0.717) is 29.2 Å². The number of benzene rings is 2. The van der Waals surface area contributed by atoms with Crippen LogP contribution in [0.15, 0.2) is 48.7 Å². The van der Waals surface area contributed by atoms with E-state index in [1.54, 1.807) is 16.7 Å². The number of carbonyl (C=O) groups is 2. The molecular formula is C25H25N5O2. The van der Waals surface area contributed by atoms with Gasteiger partial charge in [0.25, 0.3) is 5.91 Å². The first-order chi connectivity index (χ1) is 15.6. The Morgan fingerprint density at radius 1 is 1.19 bits per heavy atom. The molecule has 32 heavy (non-hydrogen) atoms. The van der Waals surface area contributed by atoms with Gasteiger partial charge in [-0.15, -0.1) is 0 Å². The summed E-state index contributed by atoms with van der Waals surface area (Å²) in [5.41, 5.74) is 4.58. The highest BCUT2D eigenvalue weighted by atomic mass is 16.2. The van der Waals surface area contributed by atoms with Crippen LogP contribution < -0.4 is 10.6 Å². The summed E-state index contributed by atoms with van der Waals surface area (Å²) in [6.45, 7) is 4.45. The first-order valence-electron chi connectivity index (χ1n) is 10.8. The van der Waals surface area contributed by atoms with E-state index < -0.39 is 0 Å². The van der Waals surface area contributed by atoms with Gasteiger partial charge in [0.05, 0.1) is 23.9 Å². The molecule has 2 N–H and O–H groups in total. The maximum Gasteiger partial charge on any atom is 0.269 e. The van der Waals surface area contributed by atoms with Crippen LogP contribution in [0.2, 0.25) is 0 Å². The van der Waals surface area contributed by atoms with E-state index >= 15 is 0 Å². The number of hydrogen-bond donors (Lipinski definition) is 2. The first kappa shape index (κ1) is 21.3. The quantitative estimate of drug-likeness (QED) is 0.624. The van der Waals surface area contributed by atoms with Crippen molar-refractivity contribution in [1.29, 1.82) is 5.26 Å². The van der Waals surface area contributed by atoms with Crippen LogP contribution in [0.5, 0.6) is 0 Å². The second-order valence-electron chi connectivity index (χ2n) is 7.77. The highest BCUT2D eigenvalue weighted by molar-refractivity contribution is 5.96. The number of hydrogen-bond acceptors (Lipinski definition) is 4. The number of nitrogens with zero attached hydrogens (tertiary/aromatic N) is 3. The lowest BCUT2D eigenvalue weighted by molar-refractivity contribution is -0.117. The van der Waals surface area contributed by atoms with E-state index in [-0.39, 0.29) is 24.3 Å². The van der Waals surface area contributed by atoms with E-state index in [1.165, 1.54) is 6.20 Å². The van der Waals surface area contributed by atoms with Gasteiger partial charge in [0.1, 0.15) is 11.5 Å². The van der Waals surface area contributed by atoms with Crippen LogP contribution in [0.3, 0.4) is 0 Å². The Kier molecular flexibility index (Phi) is 6.04. The van der Waals surface area contributed by atoms with Gasteiger partial charge in [0, 0.05) is 24.2 Å². The molecule has 0 saturated heterocycles. The standard InChI is InChI=1S/C25H25N5O2/c1-3-16-9-7-10-17(4-2)23(16)29-22(31)12-19-14-28-25(32)21-15-27-24(30(19)21)20-11-6-5-8-18(20)13-26/h5-11,15,19H,3-4,12,14H2,1-2H3,(H,28,32)(H,29,31). The van der Waals surface area contributed by atoms with Crippen molar-refractivity contribution >= 4 is 17.5 Å². The van der Waals surface area contributed by atoms with Gasteiger partial charge in [-0.25, -0.2) is 4.98 Å². The maximum absolute atomic E-state index is 13.1. The van der Waals surface area contributed by atoms with Gasteiger partial charge in [-0.3, -0.25) is 9.59 Å². The minimum absolute atomic E-state index is 0.124. The molecule has 7 nitrogen and oxygen atoms in total. The Morgan fingerprint density at radius 3 is 2.59 bits per heavy atom. The molecule has 1 aromatic heterocycles. The number of aryl methyl sites for hydroxylation is 2. The largest absolute Gasteiger partial charge is 0.349 e. The molecule has 1 atom stereocenters. The third-order valence-corrected chi connectivity index (χ3v) is 5.87. The lowest BCUT2D eigenvalue weighted by Crippen LogP contribution is -2.40. The summed E-state index contributed by atoms with van der Waals surface area (Å²) < 4.78 is 1.79. The highest BCUT2D eigenvalue weighted by Crippen LogP contribution is 2.30. The van der Waals surface area contributed by atoms with E-state index in [0.717, 1.165) is 29.7 Å². The van der Waals surface area contributed by atoms with Crippen LogP contribution in [-0.2, 0) is 17.6 Å². The van der Waals surface area contributed by atoms with Crippen LogP contribution in [0.1, 0.15) is 53.5 Å². The molecule has 4 rings (SSSR count). The van der Waals surface area contributed by atoms with Gasteiger partial charge in [-0.2, -0.15) is 5.26 Å². The van der Waals surface area contributed by atoms with Crippen molar-refractivity contribution in [1.82, 2.24) is 14.9 Å². The van der Waals surface area contributed by atoms with E-state index in [9.17, 15) is 14.9 Å². The van der Waals surface area contributed by atoms with Crippen LogP contribution in [0.25, 0.3) is 11.4 Å². The number of amides is 2. The Balaban J connectivity index is 1.66. The third kappa shape index (κ3) is 3.87. The van der Waals surface area contributed by atoms with Crippen molar-refractivity contribution < 1.29 is 9.59 Å². The van der Waals surface area contributed by atoms with E-state index in [4.69, 9.17) is 0 Å². The normalized spacial score (nSPS) is 14.9. The number of aromatic nitrogens is 2. The molecule has 0 spiro atoms. The molecule has 0 fully saturated rings. The fourth-order valence-corrected chi connectivity index (χ4v) is 4.24. The average molecular weight is 428 g/mol. The molecule has 2 amide bonds. The summed E-state index contributed by atoms with van der Waals surface area (Å²) in [7, 11) is 0. The zero-order valence-electron chi connectivity index (χ0n) is 18.2. The molecule has 0 radical (unpaired) electrons. The summed E-state index contributed by atoms with van der Waals surface area (Å²) in [5, 5.41) is 15.5. The Bertz CT molecular complexity index is 1200. The molecule has 162 valence electrons. The van der Waals surface area contributed by atoms with E-state index in [2.05, 4.69) is 35.5 Å². The predicted molar refractivity (Wildman–Crippen MR) is 122 cm³/mol. The van der Waals surface area contributed by atoms with Gasteiger partial charge in [0.15, 0.2) is 0 Å². The SMILES string of the molecule is CCc1cccc(CC)c1NC(=O)CC1CNC(=O)c2cnc(-c3ccccc3C#N)n21. The molecule has 0 saturated carbocycles. The monoisotopic (exact) mass is 427 g/mol. The molecule has 2 aromatic carbocycles. The summed E-state index contributed by atoms with van der Waals surface area (Å²) in [5.74, 6) is 0.161. The zero-order valence-corrected chi connectivity index (χ0v) is 18.2. The number of carbonyl (C=O) groups excluding carboxylic acids is 2. The number of para-hydroxylation sites is 1. The zero-order chi connectivity index (χ0) is 22.7. The summed E-state index contributed by atoms with van der Waals surface area (Å²) in [6.07, 6.45) is 3.32. The topological polar surface area (TPSA) is 99.8 Å². The fourth-order valence-electron chi connectivity index (χ4n) is 4.24. The number of nitriles is 1. The molecule has 7 heteroatoms. The maximum atomic E-state index is 13.1. The highest BCUT2D eigenvalue weighted by Gasteiger charge is 2.31. The smallest absolute Gasteiger partial charge is 0.269 e. The van der Waals surface area contributed by atoms with Crippen LogP contribution in [-0.4, -0.2) is 27.9 Å². The molecule has 1 aliphatic rings. The Morgan fingerprint density at radius 2 is 1.91 bits per heavy atom. The molecule has 1 aliphatic heterocycles. The van der Waals surface area contributed by atoms with Crippen LogP contribution >= 0.6 is 0 Å². The molecule has 0 aliphatic carbocycles. The summed E-state index contributed by atoms with van der Waals surface area (Å²) >= 11 is 0. The lowest BCUT2D eigenvalue weighted by Gasteiger charge is -2.27. The molecule has 1 unspecified atom stereocenters. The number of imidazole rings is 1. The molecular weight excluding hydrogens is 402 g/mol. The van der Waals surface area contributed by atoms with Crippen LogP contribution in [0, 0.1) is 11.3 Å². The minimum atomic E-state index is -0.314. The lowest BCUT2D eigenvalue weighted by atomic mass is 10.0. The van der Waals surface area contributed by atoms with Crippen molar-refractivity contribution in [2.45, 2.75) is 39.2 Å². The molecule has 0 bridgehead atoms. The molecule has 2 heterocycles. The average Bonchev–Trinajstić information content (AvgIpc) is 3.27. The predicted octanol–water partition coefficient (Wildman–Crippen LogP) is 3.86. The number of fused-ring (bicyclic) bond motifs is 1. The van der Waals surface area contributed by atoms with Crippen molar-refractivity contribution in [3.8, 4) is 17.5 Å². The van der Waals surface area contributed by atoms with Gasteiger partial charge >= 0.3 is 0 Å². The second-order valence-corrected chi connectivity index (χ2v) is 7.77. The van der Waals surface area contributed by atoms with Gasteiger partial charge < -0.3 is 15.2 Å². The molecule has 3 aromatic rings. The summed E-state index contributed by atoms with van der Waals surface area (Å²) in [6, 6.07) is 15.1. The van der Waals surface area contributed by atoms with Crippen molar-refractivity contribution in [2.75, 3.05) is 11.9 Å². The van der Waals surface area contributed by atoms with Crippen molar-refractivity contribution in [3.05, 3.63) is 71.0 Å². The van der Waals surface area contributed by atoms with Crippen LogP contribution in [0.4, 0.5) is 5.69 Å². The van der Waals surface area contributed by atoms with E-state index in [1.807, 2.05) is 30.3 Å². The number of anilines is 1.